The molecule has 2 rings (SSSR count). The summed E-state index contributed by atoms with van der Waals surface area (Å²) in [6.07, 6.45) is 1.61. The van der Waals surface area contributed by atoms with Crippen molar-refractivity contribution in [3.8, 4) is 6.07 Å². The van der Waals surface area contributed by atoms with Gasteiger partial charge >= 0.3 is 0 Å². The molecule has 1 aromatic carbocycles. The van der Waals surface area contributed by atoms with Crippen molar-refractivity contribution in [1.82, 2.24) is 4.31 Å². The van der Waals surface area contributed by atoms with Gasteiger partial charge in [-0.3, -0.25) is 0 Å². The normalized spacial score (nSPS) is 17.8. The molecule has 20 heavy (non-hydrogen) atoms. The van der Waals surface area contributed by atoms with E-state index in [2.05, 4.69) is 0 Å². The average molecular weight is 294 g/mol. The average Bonchev–Trinajstić information content (AvgIpc) is 2.48. The van der Waals surface area contributed by atoms with Gasteiger partial charge in [-0.25, -0.2) is 8.42 Å². The van der Waals surface area contributed by atoms with Crippen LogP contribution in [0.5, 0.6) is 0 Å². The zero-order valence-electron chi connectivity index (χ0n) is 11.4. The highest BCUT2D eigenvalue weighted by atomic mass is 32.2. The Hall–Kier alpha value is -1.42. The number of benzene rings is 1. The summed E-state index contributed by atoms with van der Waals surface area (Å²) < 4.78 is 31.9. The van der Waals surface area contributed by atoms with Gasteiger partial charge in [-0.15, -0.1) is 0 Å². The summed E-state index contributed by atoms with van der Waals surface area (Å²) in [4.78, 5) is 0.242. The molecule has 1 aliphatic heterocycles. The van der Waals surface area contributed by atoms with Crippen LogP contribution in [0, 0.1) is 11.3 Å². The van der Waals surface area contributed by atoms with E-state index in [9.17, 15) is 8.42 Å². The van der Waals surface area contributed by atoms with Crippen molar-refractivity contribution in [2.45, 2.75) is 30.8 Å². The smallest absolute Gasteiger partial charge is 0.243 e. The Morgan fingerprint density at radius 2 is 1.90 bits per heavy atom. The molecule has 5 nitrogen and oxygen atoms in total. The molecule has 0 aliphatic carbocycles. The molecule has 108 valence electrons. The van der Waals surface area contributed by atoms with E-state index in [0.29, 0.717) is 25.3 Å². The molecule has 0 N–H and O–H groups in total. The third-order valence-electron chi connectivity index (χ3n) is 3.42. The molecule has 0 saturated carbocycles. The first-order chi connectivity index (χ1) is 9.57. The van der Waals surface area contributed by atoms with E-state index in [4.69, 9.17) is 10.00 Å². The van der Waals surface area contributed by atoms with Crippen molar-refractivity contribution in [3.63, 3.8) is 0 Å². The Labute approximate surface area is 119 Å². The monoisotopic (exact) mass is 294 g/mol. The van der Waals surface area contributed by atoms with Crippen molar-refractivity contribution in [2.24, 2.45) is 0 Å². The first-order valence-electron chi connectivity index (χ1n) is 6.70. The quantitative estimate of drug-likeness (QED) is 0.848. The molecule has 1 heterocycles. The molecular formula is C14H18N2O3S. The molecule has 0 spiro atoms. The van der Waals surface area contributed by atoms with Gasteiger partial charge in [0.1, 0.15) is 0 Å². The zero-order valence-corrected chi connectivity index (χ0v) is 12.3. The molecule has 0 amide bonds. The molecule has 0 bridgehead atoms. The van der Waals surface area contributed by atoms with Gasteiger partial charge in [-0.2, -0.15) is 9.57 Å². The van der Waals surface area contributed by atoms with Crippen LogP contribution in [0.1, 0.15) is 25.3 Å². The highest BCUT2D eigenvalue weighted by Crippen LogP contribution is 2.22. The van der Waals surface area contributed by atoms with Crippen LogP contribution in [0.25, 0.3) is 0 Å². The Morgan fingerprint density at radius 1 is 1.30 bits per heavy atom. The van der Waals surface area contributed by atoms with Crippen LogP contribution >= 0.6 is 0 Å². The topological polar surface area (TPSA) is 70.4 Å². The molecule has 0 aromatic heterocycles. The fourth-order valence-electron chi connectivity index (χ4n) is 2.33. The third-order valence-corrected chi connectivity index (χ3v) is 5.34. The minimum Gasteiger partial charge on any atom is -0.378 e. The summed E-state index contributed by atoms with van der Waals surface area (Å²) in [5.74, 6) is 0. The highest BCUT2D eigenvalue weighted by molar-refractivity contribution is 7.89. The Kier molecular flexibility index (Phi) is 4.76. The fraction of sp³-hybridized carbons (Fsp3) is 0.500. The van der Waals surface area contributed by atoms with E-state index in [1.165, 1.54) is 28.6 Å². The van der Waals surface area contributed by atoms with Crippen LogP contribution in [0.2, 0.25) is 0 Å². The largest absolute Gasteiger partial charge is 0.378 e. The second-order valence-corrected chi connectivity index (χ2v) is 6.63. The van der Waals surface area contributed by atoms with Crippen molar-refractivity contribution in [3.05, 3.63) is 29.8 Å². The van der Waals surface area contributed by atoms with Gasteiger partial charge in [-0.05, 0) is 44.0 Å². The fourth-order valence-corrected chi connectivity index (χ4v) is 3.80. The van der Waals surface area contributed by atoms with Crippen molar-refractivity contribution < 1.29 is 13.2 Å². The van der Waals surface area contributed by atoms with Gasteiger partial charge < -0.3 is 4.74 Å². The van der Waals surface area contributed by atoms with E-state index in [-0.39, 0.29) is 11.0 Å². The molecule has 1 aliphatic rings. The van der Waals surface area contributed by atoms with Crippen LogP contribution < -0.4 is 0 Å². The van der Waals surface area contributed by atoms with Crippen LogP contribution in [0.4, 0.5) is 0 Å². The van der Waals surface area contributed by atoms with E-state index in [0.717, 1.165) is 12.8 Å². The highest BCUT2D eigenvalue weighted by Gasteiger charge is 2.29. The maximum absolute atomic E-state index is 12.5. The summed E-state index contributed by atoms with van der Waals surface area (Å²) >= 11 is 0. The second kappa shape index (κ2) is 6.35. The van der Waals surface area contributed by atoms with E-state index in [1.54, 1.807) is 0 Å². The summed E-state index contributed by atoms with van der Waals surface area (Å²) in [7, 11) is -3.46. The molecule has 1 fully saturated rings. The Morgan fingerprint density at radius 3 is 2.40 bits per heavy atom. The van der Waals surface area contributed by atoms with Gasteiger partial charge in [0.05, 0.1) is 22.6 Å². The predicted molar refractivity (Wildman–Crippen MR) is 74.6 cm³/mol. The van der Waals surface area contributed by atoms with Crippen molar-refractivity contribution in [1.29, 1.82) is 5.26 Å². The van der Waals surface area contributed by atoms with Crippen molar-refractivity contribution in [2.75, 3.05) is 19.7 Å². The predicted octanol–water partition coefficient (Wildman–Crippen LogP) is 1.75. The van der Waals surface area contributed by atoms with E-state index >= 15 is 0 Å². The Bertz CT molecular complexity index is 582. The SMILES string of the molecule is CCOC1CCN(S(=O)(=O)c2ccc(C#N)cc2)CC1. The summed E-state index contributed by atoms with van der Waals surface area (Å²) in [6.45, 7) is 3.56. The van der Waals surface area contributed by atoms with Gasteiger partial charge in [0.2, 0.25) is 10.0 Å². The minimum absolute atomic E-state index is 0.160. The van der Waals surface area contributed by atoms with Gasteiger partial charge in [0.15, 0.2) is 0 Å². The number of hydrogen-bond donors (Lipinski definition) is 0. The second-order valence-electron chi connectivity index (χ2n) is 4.69. The van der Waals surface area contributed by atoms with Crippen LogP contribution in [-0.2, 0) is 14.8 Å². The summed E-state index contributed by atoms with van der Waals surface area (Å²) in [6, 6.07) is 8.01. The zero-order chi connectivity index (χ0) is 14.6. The number of nitriles is 1. The summed E-state index contributed by atoms with van der Waals surface area (Å²) in [5.41, 5.74) is 0.457. The van der Waals surface area contributed by atoms with Gasteiger partial charge in [0, 0.05) is 19.7 Å². The molecule has 1 aromatic rings. The third kappa shape index (κ3) is 3.18. The number of hydrogen-bond acceptors (Lipinski definition) is 4. The van der Waals surface area contributed by atoms with E-state index in [1.807, 2.05) is 13.0 Å². The van der Waals surface area contributed by atoms with Gasteiger partial charge in [0.25, 0.3) is 0 Å². The first kappa shape index (κ1) is 15.0. The number of piperidine rings is 1. The lowest BCUT2D eigenvalue weighted by molar-refractivity contribution is 0.0290. The molecule has 6 heteroatoms. The maximum Gasteiger partial charge on any atom is 0.243 e. The molecular weight excluding hydrogens is 276 g/mol. The van der Waals surface area contributed by atoms with Crippen LogP contribution in [0.15, 0.2) is 29.2 Å². The molecule has 1 saturated heterocycles. The summed E-state index contributed by atoms with van der Waals surface area (Å²) in [5, 5.41) is 8.74. The molecule has 0 radical (unpaired) electrons. The minimum atomic E-state index is -3.46. The molecule has 0 unspecified atom stereocenters. The number of ether oxygens (including phenoxy) is 1. The number of sulfonamides is 1. The molecule has 0 atom stereocenters. The first-order valence-corrected chi connectivity index (χ1v) is 8.14. The van der Waals surface area contributed by atoms with E-state index < -0.39 is 10.0 Å². The van der Waals surface area contributed by atoms with Crippen LogP contribution in [-0.4, -0.2) is 38.5 Å². The Balaban J connectivity index is 2.09. The van der Waals surface area contributed by atoms with Gasteiger partial charge in [-0.1, -0.05) is 0 Å². The van der Waals surface area contributed by atoms with Crippen molar-refractivity contribution >= 4 is 10.0 Å². The lowest BCUT2D eigenvalue weighted by Crippen LogP contribution is -2.40. The lowest BCUT2D eigenvalue weighted by Gasteiger charge is -2.30. The number of rotatable bonds is 4. The standard InChI is InChI=1S/C14H18N2O3S/c1-2-19-13-7-9-16(10-8-13)20(17,18)14-5-3-12(11-15)4-6-14/h3-6,13H,2,7-10H2,1H3. The maximum atomic E-state index is 12.5. The number of nitrogens with zero attached hydrogens (tertiary/aromatic N) is 2. The van der Waals surface area contributed by atoms with Crippen LogP contribution in [0.3, 0.4) is 0 Å². The lowest BCUT2D eigenvalue weighted by atomic mass is 10.1.